The number of fused-ring (bicyclic) bond motifs is 1. The highest BCUT2D eigenvalue weighted by Gasteiger charge is 2.28. The zero-order valence-corrected chi connectivity index (χ0v) is 15.9. The van der Waals surface area contributed by atoms with E-state index in [4.69, 9.17) is 5.73 Å². The number of benzene rings is 1. The van der Waals surface area contributed by atoms with E-state index in [0.717, 1.165) is 51.1 Å². The van der Waals surface area contributed by atoms with Gasteiger partial charge in [-0.1, -0.05) is 24.3 Å². The van der Waals surface area contributed by atoms with E-state index in [1.165, 1.54) is 22.5 Å². The van der Waals surface area contributed by atoms with Gasteiger partial charge in [-0.25, -0.2) is 4.98 Å². The van der Waals surface area contributed by atoms with Crippen LogP contribution < -0.4 is 5.73 Å². The molecule has 0 unspecified atom stereocenters. The number of nitrogens with zero attached hydrogens (tertiary/aromatic N) is 3. The highest BCUT2D eigenvalue weighted by atomic mass is 32.1. The fourth-order valence-corrected chi connectivity index (χ4v) is 4.77. The number of hydrogen-bond donors (Lipinski definition) is 1. The normalized spacial score (nSPS) is 18.7. The number of rotatable bonds is 4. The van der Waals surface area contributed by atoms with Crippen molar-refractivity contribution in [1.29, 1.82) is 0 Å². The third kappa shape index (κ3) is 3.91. The van der Waals surface area contributed by atoms with Crippen LogP contribution in [0.1, 0.15) is 29.7 Å². The summed E-state index contributed by atoms with van der Waals surface area (Å²) < 4.78 is 0. The van der Waals surface area contributed by atoms with Gasteiger partial charge in [0.2, 0.25) is 5.91 Å². The predicted octanol–water partition coefficient (Wildman–Crippen LogP) is 2.36. The van der Waals surface area contributed by atoms with Crippen LogP contribution in [0.2, 0.25) is 0 Å². The van der Waals surface area contributed by atoms with Crippen molar-refractivity contribution in [2.45, 2.75) is 38.1 Å². The average Bonchev–Trinajstić information content (AvgIpc) is 3.18. The number of nitrogens with two attached hydrogens (primary N) is 1. The summed E-state index contributed by atoms with van der Waals surface area (Å²) in [4.78, 5) is 21.5. The van der Waals surface area contributed by atoms with Gasteiger partial charge in [-0.15, -0.1) is 11.3 Å². The molecule has 1 aliphatic heterocycles. The first-order chi connectivity index (χ1) is 12.7. The number of anilines is 1. The van der Waals surface area contributed by atoms with E-state index in [0.29, 0.717) is 24.0 Å². The summed E-state index contributed by atoms with van der Waals surface area (Å²) in [5.41, 5.74) is 9.59. The number of thiazole rings is 1. The number of hydrogen-bond acceptors (Lipinski definition) is 5. The minimum Gasteiger partial charge on any atom is -0.375 e. The van der Waals surface area contributed by atoms with Crippen molar-refractivity contribution in [2.24, 2.45) is 0 Å². The minimum absolute atomic E-state index is 0.244. The molecule has 138 valence electrons. The molecule has 1 amide bonds. The molecule has 1 aromatic carbocycles. The van der Waals surface area contributed by atoms with E-state index in [1.54, 1.807) is 0 Å². The molecule has 4 rings (SSSR count). The Labute approximate surface area is 158 Å². The van der Waals surface area contributed by atoms with Crippen molar-refractivity contribution >= 4 is 22.4 Å². The molecule has 1 aliphatic carbocycles. The number of aryl methyl sites for hydroxylation is 1. The number of amides is 1. The molecule has 0 atom stereocenters. The van der Waals surface area contributed by atoms with Crippen molar-refractivity contribution in [1.82, 2.24) is 14.8 Å². The van der Waals surface area contributed by atoms with Gasteiger partial charge in [0.25, 0.3) is 0 Å². The minimum atomic E-state index is 0.244. The van der Waals surface area contributed by atoms with E-state index < -0.39 is 0 Å². The highest BCUT2D eigenvalue weighted by molar-refractivity contribution is 7.13. The Morgan fingerprint density at radius 1 is 1.15 bits per heavy atom. The molecule has 0 radical (unpaired) electrons. The lowest BCUT2D eigenvalue weighted by molar-refractivity contribution is -0.131. The average molecular weight is 371 g/mol. The summed E-state index contributed by atoms with van der Waals surface area (Å²) in [6.45, 7) is 3.78. The van der Waals surface area contributed by atoms with E-state index in [2.05, 4.69) is 34.1 Å². The molecule has 26 heavy (non-hydrogen) atoms. The summed E-state index contributed by atoms with van der Waals surface area (Å²) in [5, 5.41) is 2.53. The van der Waals surface area contributed by atoms with Crippen LogP contribution in [0.4, 0.5) is 5.13 Å². The van der Waals surface area contributed by atoms with Gasteiger partial charge in [0.15, 0.2) is 5.13 Å². The van der Waals surface area contributed by atoms with Gasteiger partial charge in [0.1, 0.15) is 0 Å². The molecule has 1 fully saturated rings. The van der Waals surface area contributed by atoms with Crippen LogP contribution in [0.5, 0.6) is 0 Å². The molecule has 6 heteroatoms. The van der Waals surface area contributed by atoms with Gasteiger partial charge in [-0.3, -0.25) is 9.69 Å². The molecule has 2 aliphatic rings. The second kappa shape index (κ2) is 7.76. The first-order valence-electron chi connectivity index (χ1n) is 9.47. The fraction of sp³-hybridized carbons (Fsp3) is 0.500. The maximum absolute atomic E-state index is 12.6. The number of carbonyl (C=O) groups excluding carboxylic acids is 1. The Hall–Kier alpha value is -1.92. The monoisotopic (exact) mass is 370 g/mol. The van der Waals surface area contributed by atoms with Crippen molar-refractivity contribution in [2.75, 3.05) is 31.9 Å². The first-order valence-corrected chi connectivity index (χ1v) is 10.4. The molecule has 2 N–H and O–H groups in total. The quantitative estimate of drug-likeness (QED) is 0.897. The zero-order chi connectivity index (χ0) is 17.9. The molecule has 0 spiro atoms. The van der Waals surface area contributed by atoms with Crippen LogP contribution in [-0.2, 0) is 24.1 Å². The fourth-order valence-electron chi connectivity index (χ4n) is 4.18. The van der Waals surface area contributed by atoms with Crippen LogP contribution in [-0.4, -0.2) is 52.9 Å². The maximum Gasteiger partial charge on any atom is 0.223 e. The lowest BCUT2D eigenvalue weighted by Gasteiger charge is -2.27. The maximum atomic E-state index is 12.6. The van der Waals surface area contributed by atoms with Crippen LogP contribution in [0.25, 0.3) is 0 Å². The molecule has 2 heterocycles. The Bertz CT molecular complexity index is 750. The molecule has 5 nitrogen and oxygen atoms in total. The van der Waals surface area contributed by atoms with E-state index in [9.17, 15) is 4.79 Å². The summed E-state index contributed by atoms with van der Waals surface area (Å²) in [6, 6.07) is 9.39. The summed E-state index contributed by atoms with van der Waals surface area (Å²) in [6.07, 6.45) is 4.57. The summed E-state index contributed by atoms with van der Waals surface area (Å²) in [5.74, 6) is 0.244. The number of nitrogen functional groups attached to an aromatic ring is 1. The van der Waals surface area contributed by atoms with E-state index >= 15 is 0 Å². The summed E-state index contributed by atoms with van der Waals surface area (Å²) in [7, 11) is 0. The topological polar surface area (TPSA) is 62.5 Å². The van der Waals surface area contributed by atoms with Gasteiger partial charge in [0.05, 0.1) is 5.69 Å². The lowest BCUT2D eigenvalue weighted by atomic mass is 10.1. The molecular formula is C20H26N4OS. The Kier molecular flexibility index (Phi) is 5.22. The lowest BCUT2D eigenvalue weighted by Crippen LogP contribution is -2.40. The van der Waals surface area contributed by atoms with Crippen molar-refractivity contribution < 1.29 is 4.79 Å². The molecular weight excluding hydrogens is 344 g/mol. The van der Waals surface area contributed by atoms with Gasteiger partial charge < -0.3 is 10.6 Å². The van der Waals surface area contributed by atoms with Crippen molar-refractivity contribution in [3.63, 3.8) is 0 Å². The van der Waals surface area contributed by atoms with Crippen LogP contribution in [0, 0.1) is 0 Å². The van der Waals surface area contributed by atoms with Gasteiger partial charge in [-0.2, -0.15) is 0 Å². The molecule has 1 aromatic heterocycles. The highest BCUT2D eigenvalue weighted by Crippen LogP contribution is 2.26. The second-order valence-corrected chi connectivity index (χ2v) is 8.17. The Balaban J connectivity index is 1.29. The van der Waals surface area contributed by atoms with Gasteiger partial charge in [0, 0.05) is 44.0 Å². The van der Waals surface area contributed by atoms with Crippen molar-refractivity contribution in [3.05, 3.63) is 46.5 Å². The van der Waals surface area contributed by atoms with Crippen LogP contribution in [0.3, 0.4) is 0 Å². The van der Waals surface area contributed by atoms with Crippen LogP contribution in [0.15, 0.2) is 29.6 Å². The second-order valence-electron chi connectivity index (χ2n) is 7.28. The molecule has 1 saturated heterocycles. The van der Waals surface area contributed by atoms with Crippen LogP contribution >= 0.6 is 11.3 Å². The molecule has 0 saturated carbocycles. The standard InChI is InChI=1S/C20H26N4OS/c21-20-22-17(14-26-20)6-7-19(25)24-9-3-8-23(10-11-24)18-12-15-4-1-2-5-16(15)13-18/h1-2,4-5,14,18H,3,6-13H2,(H2,21,22). The zero-order valence-electron chi connectivity index (χ0n) is 15.1. The first kappa shape index (κ1) is 17.5. The third-order valence-corrected chi connectivity index (χ3v) is 6.32. The van der Waals surface area contributed by atoms with E-state index in [-0.39, 0.29) is 5.91 Å². The third-order valence-electron chi connectivity index (χ3n) is 5.59. The predicted molar refractivity (Wildman–Crippen MR) is 105 cm³/mol. The number of carbonyl (C=O) groups is 1. The van der Waals surface area contributed by atoms with Gasteiger partial charge >= 0.3 is 0 Å². The number of aromatic nitrogens is 1. The summed E-state index contributed by atoms with van der Waals surface area (Å²) >= 11 is 1.44. The molecule has 0 bridgehead atoms. The largest absolute Gasteiger partial charge is 0.375 e. The Morgan fingerprint density at radius 2 is 1.92 bits per heavy atom. The van der Waals surface area contributed by atoms with E-state index in [1.807, 2.05) is 10.3 Å². The molecule has 2 aromatic rings. The van der Waals surface area contributed by atoms with Gasteiger partial charge in [-0.05, 0) is 36.8 Å². The smallest absolute Gasteiger partial charge is 0.223 e. The SMILES string of the molecule is Nc1nc(CCC(=O)N2CCCN(C3Cc4ccccc4C3)CC2)cs1. The van der Waals surface area contributed by atoms with Crippen molar-refractivity contribution in [3.8, 4) is 0 Å². The Morgan fingerprint density at radius 3 is 2.62 bits per heavy atom.